The maximum Gasteiger partial charge on any atom is 0.362 e. The second-order valence-corrected chi connectivity index (χ2v) is 5.31. The van der Waals surface area contributed by atoms with Crippen molar-refractivity contribution in [1.29, 1.82) is 0 Å². The first-order chi connectivity index (χ1) is 8.42. The van der Waals surface area contributed by atoms with Gasteiger partial charge in [-0.1, -0.05) is 18.2 Å². The molecule has 18 heavy (non-hydrogen) atoms. The third kappa shape index (κ3) is 2.24. The number of quaternary nitrogens is 1. The van der Waals surface area contributed by atoms with E-state index >= 15 is 0 Å². The third-order valence-corrected chi connectivity index (χ3v) is 3.66. The van der Waals surface area contributed by atoms with Gasteiger partial charge in [0.05, 0.1) is 14.1 Å². The molecule has 0 bridgehead atoms. The van der Waals surface area contributed by atoms with Crippen LogP contribution in [0.1, 0.15) is 12.5 Å². The predicted octanol–water partition coefficient (Wildman–Crippen LogP) is 2.22. The fraction of sp³-hybridized carbons (Fsp3) is 0.357. The number of carboxylic acid groups (broad SMARTS) is 1. The van der Waals surface area contributed by atoms with Crippen LogP contribution in [0.15, 0.2) is 30.5 Å². The van der Waals surface area contributed by atoms with Crippen LogP contribution in [0, 0.1) is 0 Å². The average Bonchev–Trinajstić information content (AvgIpc) is 2.71. The molecule has 4 nitrogen and oxygen atoms in total. The number of rotatable bonds is 4. The van der Waals surface area contributed by atoms with E-state index in [0.29, 0.717) is 11.0 Å². The first-order valence-electron chi connectivity index (χ1n) is 6.02. The van der Waals surface area contributed by atoms with Crippen molar-refractivity contribution in [1.82, 2.24) is 4.98 Å². The van der Waals surface area contributed by atoms with Crippen molar-refractivity contribution in [2.75, 3.05) is 14.1 Å². The van der Waals surface area contributed by atoms with Crippen LogP contribution in [0.3, 0.4) is 0 Å². The van der Waals surface area contributed by atoms with Crippen LogP contribution in [0.2, 0.25) is 0 Å². The van der Waals surface area contributed by atoms with E-state index in [1.807, 2.05) is 38.5 Å². The molecule has 1 atom stereocenters. The molecular formula is C14H19N2O2+. The minimum atomic E-state index is -0.764. The van der Waals surface area contributed by atoms with E-state index in [1.165, 1.54) is 5.39 Å². The monoisotopic (exact) mass is 247 g/mol. The molecule has 0 fully saturated rings. The van der Waals surface area contributed by atoms with Crippen LogP contribution in [-0.4, -0.2) is 40.7 Å². The van der Waals surface area contributed by atoms with Crippen LogP contribution in [0.5, 0.6) is 0 Å². The van der Waals surface area contributed by atoms with Gasteiger partial charge in [0.25, 0.3) is 0 Å². The van der Waals surface area contributed by atoms with E-state index in [0.717, 1.165) is 11.1 Å². The van der Waals surface area contributed by atoms with Crippen LogP contribution < -0.4 is 0 Å². The van der Waals surface area contributed by atoms with Gasteiger partial charge in [-0.05, 0) is 13.0 Å². The van der Waals surface area contributed by atoms with Gasteiger partial charge in [-0.25, -0.2) is 4.79 Å². The number of aromatic nitrogens is 1. The standard InChI is InChI=1S/C14H18N2O2/c1-10(14(17)18)16(2,3)9-11-8-15-13-7-5-4-6-12(11)13/h4-8,10,15H,9H2,1-3H3/p+1. The van der Waals surface area contributed by atoms with Crippen molar-refractivity contribution < 1.29 is 14.4 Å². The molecule has 0 saturated heterocycles. The summed E-state index contributed by atoms with van der Waals surface area (Å²) in [7, 11) is 3.89. The fourth-order valence-electron chi connectivity index (χ4n) is 2.14. The number of carbonyl (C=O) groups is 1. The van der Waals surface area contributed by atoms with E-state index in [4.69, 9.17) is 5.11 Å². The summed E-state index contributed by atoms with van der Waals surface area (Å²) in [5.74, 6) is -0.764. The number of nitrogens with one attached hydrogen (secondary N) is 1. The van der Waals surface area contributed by atoms with Crippen LogP contribution >= 0.6 is 0 Å². The summed E-state index contributed by atoms with van der Waals surface area (Å²) in [4.78, 5) is 14.3. The van der Waals surface area contributed by atoms with Crippen LogP contribution in [-0.2, 0) is 11.3 Å². The molecule has 2 aromatic rings. The molecule has 0 aliphatic rings. The van der Waals surface area contributed by atoms with E-state index in [2.05, 4.69) is 11.1 Å². The van der Waals surface area contributed by atoms with E-state index < -0.39 is 12.0 Å². The Hall–Kier alpha value is -1.81. The van der Waals surface area contributed by atoms with Crippen molar-refractivity contribution >= 4 is 16.9 Å². The Labute approximate surface area is 106 Å². The van der Waals surface area contributed by atoms with E-state index in [-0.39, 0.29) is 0 Å². The lowest BCUT2D eigenvalue weighted by Gasteiger charge is -2.33. The van der Waals surface area contributed by atoms with Gasteiger partial charge in [0.15, 0.2) is 6.04 Å². The Balaban J connectivity index is 2.31. The second-order valence-electron chi connectivity index (χ2n) is 5.31. The summed E-state index contributed by atoms with van der Waals surface area (Å²) in [6, 6.07) is 7.65. The topological polar surface area (TPSA) is 53.1 Å². The summed E-state index contributed by atoms with van der Waals surface area (Å²) in [6.45, 7) is 2.44. The summed E-state index contributed by atoms with van der Waals surface area (Å²) in [5, 5.41) is 10.3. The van der Waals surface area contributed by atoms with Gasteiger partial charge in [0, 0.05) is 22.7 Å². The van der Waals surface area contributed by atoms with Crippen LogP contribution in [0.4, 0.5) is 0 Å². The van der Waals surface area contributed by atoms with Crippen molar-refractivity contribution in [3.63, 3.8) is 0 Å². The molecule has 4 heteroatoms. The summed E-state index contributed by atoms with van der Waals surface area (Å²) in [6.07, 6.45) is 1.97. The number of nitrogens with zero attached hydrogens (tertiary/aromatic N) is 1. The Morgan fingerprint density at radius 3 is 2.72 bits per heavy atom. The fourth-order valence-corrected chi connectivity index (χ4v) is 2.14. The number of aliphatic carboxylic acids is 1. The minimum Gasteiger partial charge on any atom is -0.477 e. The van der Waals surface area contributed by atoms with Gasteiger partial charge in [0.2, 0.25) is 0 Å². The van der Waals surface area contributed by atoms with Gasteiger partial charge >= 0.3 is 5.97 Å². The molecule has 2 N–H and O–H groups in total. The number of fused-ring (bicyclic) bond motifs is 1. The molecule has 1 aromatic carbocycles. The van der Waals surface area contributed by atoms with Gasteiger partial charge in [-0.2, -0.15) is 0 Å². The van der Waals surface area contributed by atoms with E-state index in [1.54, 1.807) is 6.92 Å². The van der Waals surface area contributed by atoms with Crippen LogP contribution in [0.25, 0.3) is 10.9 Å². The number of likely N-dealkylation sites (N-methyl/N-ethyl adjacent to an activating group) is 1. The summed E-state index contributed by atoms with van der Waals surface area (Å²) >= 11 is 0. The molecule has 0 aliphatic heterocycles. The number of para-hydroxylation sites is 1. The second kappa shape index (κ2) is 4.46. The molecule has 0 saturated carbocycles. The third-order valence-electron chi connectivity index (χ3n) is 3.66. The predicted molar refractivity (Wildman–Crippen MR) is 71.2 cm³/mol. The molecule has 0 spiro atoms. The normalized spacial score (nSPS) is 13.7. The van der Waals surface area contributed by atoms with Gasteiger partial charge in [-0.15, -0.1) is 0 Å². The molecule has 0 amide bonds. The SMILES string of the molecule is CC(C(=O)O)[N+](C)(C)Cc1c[nH]c2ccccc12. The molecule has 0 aliphatic carbocycles. The Bertz CT molecular complexity index is 572. The van der Waals surface area contributed by atoms with E-state index in [9.17, 15) is 4.79 Å². The van der Waals surface area contributed by atoms with Gasteiger partial charge in [0.1, 0.15) is 6.54 Å². The van der Waals surface area contributed by atoms with Crippen molar-refractivity contribution in [3.05, 3.63) is 36.0 Å². The lowest BCUT2D eigenvalue weighted by atomic mass is 10.1. The zero-order chi connectivity index (χ0) is 13.3. The lowest BCUT2D eigenvalue weighted by Crippen LogP contribution is -2.50. The largest absolute Gasteiger partial charge is 0.477 e. The number of aromatic amines is 1. The van der Waals surface area contributed by atoms with Gasteiger partial charge in [-0.3, -0.25) is 0 Å². The Morgan fingerprint density at radius 1 is 1.39 bits per heavy atom. The minimum absolute atomic E-state index is 0.428. The number of benzene rings is 1. The Morgan fingerprint density at radius 2 is 2.06 bits per heavy atom. The molecule has 1 unspecified atom stereocenters. The molecule has 1 heterocycles. The maximum atomic E-state index is 11.1. The highest BCUT2D eigenvalue weighted by molar-refractivity contribution is 5.82. The Kier molecular flexibility index (Phi) is 3.13. The summed E-state index contributed by atoms with van der Waals surface area (Å²) < 4.78 is 0.428. The van der Waals surface area contributed by atoms with Crippen molar-refractivity contribution in [2.45, 2.75) is 19.5 Å². The first-order valence-corrected chi connectivity index (χ1v) is 6.02. The molecule has 96 valence electrons. The van der Waals surface area contributed by atoms with Crippen molar-refractivity contribution in [3.8, 4) is 0 Å². The zero-order valence-corrected chi connectivity index (χ0v) is 11.0. The number of carboxylic acids is 1. The highest BCUT2D eigenvalue weighted by atomic mass is 16.4. The molecule has 2 rings (SSSR count). The number of hydrogen-bond acceptors (Lipinski definition) is 1. The molecular weight excluding hydrogens is 228 g/mol. The first kappa shape index (κ1) is 12.6. The number of hydrogen-bond donors (Lipinski definition) is 2. The quantitative estimate of drug-likeness (QED) is 0.814. The summed E-state index contributed by atoms with van der Waals surface area (Å²) in [5.41, 5.74) is 2.25. The molecule has 1 aromatic heterocycles. The maximum absolute atomic E-state index is 11.1. The van der Waals surface area contributed by atoms with Gasteiger partial charge < -0.3 is 14.6 Å². The zero-order valence-electron chi connectivity index (χ0n) is 11.0. The lowest BCUT2D eigenvalue weighted by molar-refractivity contribution is -0.917. The number of H-pyrrole nitrogens is 1. The molecule has 0 radical (unpaired) electrons. The highest BCUT2D eigenvalue weighted by Crippen LogP contribution is 2.22. The average molecular weight is 247 g/mol. The highest BCUT2D eigenvalue weighted by Gasteiger charge is 2.31. The van der Waals surface area contributed by atoms with Crippen molar-refractivity contribution in [2.24, 2.45) is 0 Å². The smallest absolute Gasteiger partial charge is 0.362 e.